The topological polar surface area (TPSA) is 93.3 Å². The number of rotatable bonds is 4. The normalized spacial score (nSPS) is 11.1. The summed E-state index contributed by atoms with van der Waals surface area (Å²) in [5.41, 5.74) is 1.04. The van der Waals surface area contributed by atoms with Gasteiger partial charge in [-0.05, 0) is 29.8 Å². The quantitative estimate of drug-likeness (QED) is 0.570. The maximum Gasteiger partial charge on any atom is 0.336 e. The van der Waals surface area contributed by atoms with Gasteiger partial charge in [0, 0.05) is 23.6 Å². The van der Waals surface area contributed by atoms with Crippen molar-refractivity contribution in [1.29, 1.82) is 0 Å². The standard InChI is InChI=1S/C18H11FN2O4/c19-12-5-7-15-16(18(22)23)10-13(20-17(15)9-12)6-4-11-2-1-3-14(8-11)21(24)25/h1-10H,(H,22,23)/b6-4+. The lowest BCUT2D eigenvalue weighted by atomic mass is 10.1. The summed E-state index contributed by atoms with van der Waals surface area (Å²) in [4.78, 5) is 25.9. The molecule has 0 aliphatic carbocycles. The number of nitro benzene ring substituents is 1. The van der Waals surface area contributed by atoms with Gasteiger partial charge in [-0.15, -0.1) is 0 Å². The zero-order valence-electron chi connectivity index (χ0n) is 12.7. The van der Waals surface area contributed by atoms with Gasteiger partial charge < -0.3 is 5.11 Å². The molecule has 2 aromatic carbocycles. The number of carboxylic acid groups (broad SMARTS) is 1. The van der Waals surface area contributed by atoms with Crippen LogP contribution in [-0.4, -0.2) is 21.0 Å². The molecular weight excluding hydrogens is 327 g/mol. The maximum atomic E-state index is 13.4. The first kappa shape index (κ1) is 16.3. The number of hydrogen-bond acceptors (Lipinski definition) is 4. The Morgan fingerprint density at radius 1 is 1.16 bits per heavy atom. The van der Waals surface area contributed by atoms with E-state index in [0.717, 1.165) is 6.07 Å². The number of benzene rings is 2. The smallest absolute Gasteiger partial charge is 0.336 e. The first-order chi connectivity index (χ1) is 11.9. The molecule has 0 amide bonds. The van der Waals surface area contributed by atoms with Gasteiger partial charge in [-0.1, -0.05) is 18.2 Å². The van der Waals surface area contributed by atoms with Crippen molar-refractivity contribution in [2.24, 2.45) is 0 Å². The number of aromatic nitrogens is 1. The van der Waals surface area contributed by atoms with Crippen LogP contribution in [0.4, 0.5) is 10.1 Å². The molecular formula is C18H11FN2O4. The first-order valence-electron chi connectivity index (χ1n) is 7.20. The Morgan fingerprint density at radius 3 is 2.68 bits per heavy atom. The number of pyridine rings is 1. The maximum absolute atomic E-state index is 13.4. The Labute approximate surface area is 141 Å². The van der Waals surface area contributed by atoms with Crippen LogP contribution in [0.2, 0.25) is 0 Å². The molecule has 1 N–H and O–H groups in total. The van der Waals surface area contributed by atoms with Crippen molar-refractivity contribution in [3.8, 4) is 0 Å². The predicted molar refractivity (Wildman–Crippen MR) is 90.7 cm³/mol. The Kier molecular flexibility index (Phi) is 4.21. The third-order valence-electron chi connectivity index (χ3n) is 3.55. The van der Waals surface area contributed by atoms with E-state index in [-0.39, 0.29) is 16.8 Å². The molecule has 1 aromatic heterocycles. The molecule has 0 atom stereocenters. The lowest BCUT2D eigenvalue weighted by Crippen LogP contribution is -2.00. The summed E-state index contributed by atoms with van der Waals surface area (Å²) in [6.07, 6.45) is 3.10. The van der Waals surface area contributed by atoms with Crippen LogP contribution in [0.1, 0.15) is 21.6 Å². The Morgan fingerprint density at radius 2 is 1.96 bits per heavy atom. The van der Waals surface area contributed by atoms with Crippen LogP contribution in [0.25, 0.3) is 23.1 Å². The molecule has 0 aliphatic heterocycles. The number of aromatic carboxylic acids is 1. The average Bonchev–Trinajstić information content (AvgIpc) is 2.59. The van der Waals surface area contributed by atoms with Gasteiger partial charge in [-0.2, -0.15) is 0 Å². The van der Waals surface area contributed by atoms with Crippen molar-refractivity contribution >= 4 is 34.7 Å². The third-order valence-corrected chi connectivity index (χ3v) is 3.55. The number of fused-ring (bicyclic) bond motifs is 1. The van der Waals surface area contributed by atoms with Crippen LogP contribution in [0.15, 0.2) is 48.5 Å². The van der Waals surface area contributed by atoms with E-state index in [2.05, 4.69) is 4.98 Å². The second-order valence-electron chi connectivity index (χ2n) is 5.25. The van der Waals surface area contributed by atoms with Gasteiger partial charge >= 0.3 is 5.97 Å². The van der Waals surface area contributed by atoms with E-state index in [1.807, 2.05) is 0 Å². The molecule has 6 nitrogen and oxygen atoms in total. The minimum absolute atomic E-state index is 0.00342. The molecule has 124 valence electrons. The number of nitrogens with zero attached hydrogens (tertiary/aromatic N) is 2. The summed E-state index contributed by atoms with van der Waals surface area (Å²) in [6, 6.07) is 11.0. The van der Waals surface area contributed by atoms with Crippen molar-refractivity contribution in [1.82, 2.24) is 4.98 Å². The highest BCUT2D eigenvalue weighted by molar-refractivity contribution is 6.03. The third kappa shape index (κ3) is 3.50. The zero-order valence-corrected chi connectivity index (χ0v) is 12.7. The minimum atomic E-state index is -1.15. The second kappa shape index (κ2) is 6.48. The van der Waals surface area contributed by atoms with Crippen molar-refractivity contribution in [2.45, 2.75) is 0 Å². The highest BCUT2D eigenvalue weighted by Crippen LogP contribution is 2.21. The second-order valence-corrected chi connectivity index (χ2v) is 5.25. The van der Waals surface area contributed by atoms with Crippen LogP contribution in [-0.2, 0) is 0 Å². The van der Waals surface area contributed by atoms with Crippen LogP contribution in [0, 0.1) is 15.9 Å². The number of halogens is 1. The van der Waals surface area contributed by atoms with Gasteiger partial charge in [0.1, 0.15) is 5.82 Å². The summed E-state index contributed by atoms with van der Waals surface area (Å²) in [5, 5.41) is 20.5. The van der Waals surface area contributed by atoms with Gasteiger partial charge in [0.25, 0.3) is 5.69 Å². The van der Waals surface area contributed by atoms with Crippen molar-refractivity contribution < 1.29 is 19.2 Å². The molecule has 0 saturated carbocycles. The molecule has 0 bridgehead atoms. The fourth-order valence-corrected chi connectivity index (χ4v) is 2.41. The van der Waals surface area contributed by atoms with Gasteiger partial charge in [-0.3, -0.25) is 10.1 Å². The van der Waals surface area contributed by atoms with Crippen molar-refractivity contribution in [3.05, 3.63) is 81.3 Å². The fraction of sp³-hybridized carbons (Fsp3) is 0. The molecule has 0 radical (unpaired) electrons. The monoisotopic (exact) mass is 338 g/mol. The summed E-state index contributed by atoms with van der Waals surface area (Å²) in [6.45, 7) is 0. The molecule has 3 aromatic rings. The highest BCUT2D eigenvalue weighted by Gasteiger charge is 2.11. The van der Waals surface area contributed by atoms with E-state index in [9.17, 15) is 24.4 Å². The van der Waals surface area contributed by atoms with Gasteiger partial charge in [0.05, 0.1) is 21.7 Å². The highest BCUT2D eigenvalue weighted by atomic mass is 19.1. The van der Waals surface area contributed by atoms with Crippen molar-refractivity contribution in [2.75, 3.05) is 0 Å². The largest absolute Gasteiger partial charge is 0.478 e. The molecule has 25 heavy (non-hydrogen) atoms. The molecule has 3 rings (SSSR count). The Hall–Kier alpha value is -3.61. The Balaban J connectivity index is 2.05. The van der Waals surface area contributed by atoms with Crippen LogP contribution < -0.4 is 0 Å². The van der Waals surface area contributed by atoms with E-state index < -0.39 is 16.7 Å². The van der Waals surface area contributed by atoms with Gasteiger partial charge in [0.15, 0.2) is 0 Å². The Bertz CT molecular complexity index is 1030. The number of non-ortho nitro benzene ring substituents is 1. The lowest BCUT2D eigenvalue weighted by molar-refractivity contribution is -0.384. The first-order valence-corrected chi connectivity index (χ1v) is 7.20. The lowest BCUT2D eigenvalue weighted by Gasteiger charge is -2.04. The van der Waals surface area contributed by atoms with E-state index in [1.54, 1.807) is 18.2 Å². The van der Waals surface area contributed by atoms with Gasteiger partial charge in [0.2, 0.25) is 0 Å². The predicted octanol–water partition coefficient (Wildman–Crippen LogP) is 4.15. The molecule has 0 fully saturated rings. The van der Waals surface area contributed by atoms with E-state index >= 15 is 0 Å². The van der Waals surface area contributed by atoms with Crippen LogP contribution in [0.5, 0.6) is 0 Å². The molecule has 1 heterocycles. The number of carbonyl (C=O) groups is 1. The minimum Gasteiger partial charge on any atom is -0.478 e. The molecule has 0 aliphatic rings. The van der Waals surface area contributed by atoms with E-state index in [4.69, 9.17) is 0 Å². The SMILES string of the molecule is O=C(O)c1cc(/C=C/c2cccc([N+](=O)[O-])c2)nc2cc(F)ccc12. The summed E-state index contributed by atoms with van der Waals surface area (Å²) < 4.78 is 13.4. The molecule has 0 unspecified atom stereocenters. The number of nitro groups is 1. The van der Waals surface area contributed by atoms with E-state index in [1.165, 1.54) is 36.4 Å². The van der Waals surface area contributed by atoms with Crippen LogP contribution >= 0.6 is 0 Å². The number of carboxylic acids is 1. The van der Waals surface area contributed by atoms with Crippen molar-refractivity contribution in [3.63, 3.8) is 0 Å². The summed E-state index contributed by atoms with van der Waals surface area (Å²) in [7, 11) is 0. The molecule has 0 spiro atoms. The molecule has 7 heteroatoms. The fourth-order valence-electron chi connectivity index (χ4n) is 2.41. The average molecular weight is 338 g/mol. The van der Waals surface area contributed by atoms with E-state index in [0.29, 0.717) is 16.6 Å². The zero-order chi connectivity index (χ0) is 18.0. The summed E-state index contributed by atoms with van der Waals surface area (Å²) >= 11 is 0. The molecule has 0 saturated heterocycles. The number of hydrogen-bond donors (Lipinski definition) is 1. The summed E-state index contributed by atoms with van der Waals surface area (Å²) in [5.74, 6) is -1.67. The van der Waals surface area contributed by atoms with Gasteiger partial charge in [-0.25, -0.2) is 14.2 Å². The van der Waals surface area contributed by atoms with Crippen LogP contribution in [0.3, 0.4) is 0 Å².